The Morgan fingerprint density at radius 3 is 2.34 bits per heavy atom. The van der Waals surface area contributed by atoms with Gasteiger partial charge < -0.3 is 9.64 Å². The third-order valence-corrected chi connectivity index (χ3v) is 5.96. The zero-order valence-electron chi connectivity index (χ0n) is 19.1. The molecule has 3 aromatic rings. The van der Waals surface area contributed by atoms with Crippen LogP contribution in [0.5, 0.6) is 5.75 Å². The molecule has 6 heteroatoms. The summed E-state index contributed by atoms with van der Waals surface area (Å²) in [4.78, 5) is 15.2. The number of halogens is 1. The summed E-state index contributed by atoms with van der Waals surface area (Å²) in [5.41, 5.74) is 4.26. The van der Waals surface area contributed by atoms with Crippen LogP contribution < -0.4 is 4.74 Å². The lowest BCUT2D eigenvalue weighted by molar-refractivity contribution is 0.0722. The SMILES string of the molecule is CC(C)CCOc1ccc(C2c3c(-c4ccc(Cl)cc4)n[nH]c3C(=O)N2CC(C)C)cc1. The van der Waals surface area contributed by atoms with Crippen molar-refractivity contribution in [2.45, 2.75) is 40.2 Å². The summed E-state index contributed by atoms with van der Waals surface area (Å²) >= 11 is 6.08. The summed E-state index contributed by atoms with van der Waals surface area (Å²) in [5.74, 6) is 1.79. The van der Waals surface area contributed by atoms with Gasteiger partial charge in [-0.2, -0.15) is 5.10 Å². The van der Waals surface area contributed by atoms with Gasteiger partial charge in [0.1, 0.15) is 11.4 Å². The highest BCUT2D eigenvalue weighted by molar-refractivity contribution is 6.30. The molecule has 1 aromatic heterocycles. The Balaban J connectivity index is 1.70. The van der Waals surface area contributed by atoms with Crippen LogP contribution in [0.25, 0.3) is 11.3 Å². The Morgan fingerprint density at radius 2 is 1.72 bits per heavy atom. The second kappa shape index (κ2) is 9.37. The second-order valence-electron chi connectivity index (χ2n) is 9.22. The van der Waals surface area contributed by atoms with Gasteiger partial charge >= 0.3 is 0 Å². The van der Waals surface area contributed by atoms with E-state index in [2.05, 4.69) is 50.0 Å². The van der Waals surface area contributed by atoms with Crippen LogP contribution in [-0.4, -0.2) is 34.2 Å². The average molecular weight is 452 g/mol. The number of carbonyl (C=O) groups excluding carboxylic acids is 1. The number of fused-ring (bicyclic) bond motifs is 1. The first-order valence-electron chi connectivity index (χ1n) is 11.2. The monoisotopic (exact) mass is 451 g/mol. The first-order chi connectivity index (χ1) is 15.3. The molecule has 2 heterocycles. The number of carbonyl (C=O) groups is 1. The van der Waals surface area contributed by atoms with E-state index in [1.807, 2.05) is 41.3 Å². The van der Waals surface area contributed by atoms with Gasteiger partial charge in [-0.15, -0.1) is 0 Å². The van der Waals surface area contributed by atoms with Crippen LogP contribution in [0.15, 0.2) is 48.5 Å². The molecule has 0 saturated heterocycles. The molecule has 0 spiro atoms. The van der Waals surface area contributed by atoms with Gasteiger partial charge in [0.2, 0.25) is 0 Å². The maximum Gasteiger partial charge on any atom is 0.273 e. The number of ether oxygens (including phenoxy) is 1. The lowest BCUT2D eigenvalue weighted by atomic mass is 9.95. The maximum atomic E-state index is 13.3. The second-order valence-corrected chi connectivity index (χ2v) is 9.66. The van der Waals surface area contributed by atoms with Crippen molar-refractivity contribution in [3.63, 3.8) is 0 Å². The molecule has 2 aromatic carbocycles. The first kappa shape index (κ1) is 22.4. The standard InChI is InChI=1S/C26H30ClN3O2/c1-16(2)13-14-32-21-11-7-19(8-12-21)25-22-23(18-5-9-20(27)10-6-18)28-29-24(22)26(31)30(25)15-17(3)4/h5-12,16-17,25H,13-15H2,1-4H3,(H,28,29). The Bertz CT molecular complexity index is 1070. The zero-order valence-corrected chi connectivity index (χ0v) is 19.8. The Morgan fingerprint density at radius 1 is 1.03 bits per heavy atom. The Labute approximate surface area is 194 Å². The van der Waals surface area contributed by atoms with E-state index in [0.717, 1.165) is 34.6 Å². The highest BCUT2D eigenvalue weighted by atomic mass is 35.5. The molecule has 1 aliphatic heterocycles. The number of hydrogen-bond donors (Lipinski definition) is 1. The van der Waals surface area contributed by atoms with Crippen molar-refractivity contribution in [3.8, 4) is 17.0 Å². The summed E-state index contributed by atoms with van der Waals surface area (Å²) in [6.07, 6.45) is 1.02. The predicted octanol–water partition coefficient (Wildman–Crippen LogP) is 6.36. The molecule has 32 heavy (non-hydrogen) atoms. The summed E-state index contributed by atoms with van der Waals surface area (Å²) in [5, 5.41) is 8.18. The number of H-pyrrole nitrogens is 1. The van der Waals surface area contributed by atoms with Crippen LogP contribution in [0.4, 0.5) is 0 Å². The smallest absolute Gasteiger partial charge is 0.273 e. The molecule has 0 radical (unpaired) electrons. The summed E-state index contributed by atoms with van der Waals surface area (Å²) in [6, 6.07) is 15.5. The Kier molecular flexibility index (Phi) is 6.56. The van der Waals surface area contributed by atoms with E-state index in [0.29, 0.717) is 35.7 Å². The number of nitrogens with zero attached hydrogens (tertiary/aromatic N) is 2. The number of rotatable bonds is 8. The summed E-state index contributed by atoms with van der Waals surface area (Å²) < 4.78 is 5.89. The van der Waals surface area contributed by atoms with Gasteiger partial charge in [0, 0.05) is 22.7 Å². The summed E-state index contributed by atoms with van der Waals surface area (Å²) in [7, 11) is 0. The lowest BCUT2D eigenvalue weighted by Crippen LogP contribution is -2.32. The fraction of sp³-hybridized carbons (Fsp3) is 0.385. The van der Waals surface area contributed by atoms with Crippen molar-refractivity contribution in [3.05, 3.63) is 70.4 Å². The van der Waals surface area contributed by atoms with Crippen molar-refractivity contribution in [1.29, 1.82) is 0 Å². The van der Waals surface area contributed by atoms with Crippen LogP contribution in [-0.2, 0) is 0 Å². The number of aromatic nitrogens is 2. The van der Waals surface area contributed by atoms with E-state index >= 15 is 0 Å². The molecule has 0 bridgehead atoms. The summed E-state index contributed by atoms with van der Waals surface area (Å²) in [6.45, 7) is 9.99. The average Bonchev–Trinajstić information content (AvgIpc) is 3.28. The van der Waals surface area contributed by atoms with Crippen molar-refractivity contribution in [2.24, 2.45) is 11.8 Å². The molecule has 1 aliphatic rings. The van der Waals surface area contributed by atoms with E-state index in [1.165, 1.54) is 0 Å². The van der Waals surface area contributed by atoms with Crippen LogP contribution in [0.1, 0.15) is 61.8 Å². The van der Waals surface area contributed by atoms with Crippen molar-refractivity contribution < 1.29 is 9.53 Å². The number of amides is 1. The van der Waals surface area contributed by atoms with Gasteiger partial charge in [0.25, 0.3) is 5.91 Å². The van der Waals surface area contributed by atoms with Gasteiger partial charge in [-0.25, -0.2) is 0 Å². The maximum absolute atomic E-state index is 13.3. The molecule has 0 saturated carbocycles. The van der Waals surface area contributed by atoms with E-state index in [1.54, 1.807) is 0 Å². The van der Waals surface area contributed by atoms with E-state index < -0.39 is 0 Å². The number of nitrogens with one attached hydrogen (secondary N) is 1. The molecule has 0 fully saturated rings. The molecule has 1 atom stereocenters. The molecular formula is C26H30ClN3O2. The molecular weight excluding hydrogens is 422 g/mol. The fourth-order valence-corrected chi connectivity index (χ4v) is 4.24. The van der Waals surface area contributed by atoms with Gasteiger partial charge in [-0.3, -0.25) is 9.89 Å². The van der Waals surface area contributed by atoms with E-state index in [9.17, 15) is 4.79 Å². The van der Waals surface area contributed by atoms with Crippen LogP contribution in [0, 0.1) is 11.8 Å². The molecule has 1 unspecified atom stereocenters. The normalized spacial score (nSPS) is 15.7. The molecule has 0 aliphatic carbocycles. The molecule has 5 nitrogen and oxygen atoms in total. The minimum atomic E-state index is -0.200. The van der Waals surface area contributed by atoms with E-state index in [4.69, 9.17) is 16.3 Å². The largest absolute Gasteiger partial charge is 0.494 e. The Hall–Kier alpha value is -2.79. The molecule has 4 rings (SSSR count). The van der Waals surface area contributed by atoms with Gasteiger partial charge in [0.05, 0.1) is 18.3 Å². The topological polar surface area (TPSA) is 58.2 Å². The minimum absolute atomic E-state index is 0.0105. The number of hydrogen-bond acceptors (Lipinski definition) is 3. The highest BCUT2D eigenvalue weighted by Crippen LogP contribution is 2.43. The van der Waals surface area contributed by atoms with E-state index in [-0.39, 0.29) is 11.9 Å². The third kappa shape index (κ3) is 4.53. The minimum Gasteiger partial charge on any atom is -0.494 e. The third-order valence-electron chi connectivity index (χ3n) is 5.70. The quantitative estimate of drug-likeness (QED) is 0.433. The van der Waals surface area contributed by atoms with Crippen molar-refractivity contribution >= 4 is 17.5 Å². The fourth-order valence-electron chi connectivity index (χ4n) is 4.11. The van der Waals surface area contributed by atoms with Gasteiger partial charge in [-0.1, -0.05) is 63.6 Å². The van der Waals surface area contributed by atoms with Gasteiger partial charge in [-0.05, 0) is 48.1 Å². The zero-order chi connectivity index (χ0) is 22.8. The molecule has 168 valence electrons. The van der Waals surface area contributed by atoms with Crippen LogP contribution in [0.2, 0.25) is 5.02 Å². The van der Waals surface area contributed by atoms with Crippen LogP contribution >= 0.6 is 11.6 Å². The first-order valence-corrected chi connectivity index (χ1v) is 11.6. The van der Waals surface area contributed by atoms with Crippen molar-refractivity contribution in [2.75, 3.05) is 13.2 Å². The highest BCUT2D eigenvalue weighted by Gasteiger charge is 2.42. The molecule has 1 amide bonds. The van der Waals surface area contributed by atoms with Gasteiger partial charge in [0.15, 0.2) is 0 Å². The van der Waals surface area contributed by atoms with Crippen LogP contribution in [0.3, 0.4) is 0 Å². The van der Waals surface area contributed by atoms with Crippen molar-refractivity contribution in [1.82, 2.24) is 15.1 Å². The number of benzene rings is 2. The lowest BCUT2D eigenvalue weighted by Gasteiger charge is -2.28. The molecule has 1 N–H and O–H groups in total. The number of aromatic amines is 1. The predicted molar refractivity (Wildman–Crippen MR) is 128 cm³/mol.